The van der Waals surface area contributed by atoms with E-state index in [0.29, 0.717) is 0 Å². The number of β-lactam (4-membered cyclic amide) rings is 1. The third kappa shape index (κ3) is 2.33. The Morgan fingerprint density at radius 2 is 1.64 bits per heavy atom. The molecule has 0 bridgehead atoms. The monoisotopic (exact) mass is 301 g/mol. The van der Waals surface area contributed by atoms with Crippen LogP contribution in [-0.4, -0.2) is 26.2 Å². The first-order valence-corrected chi connectivity index (χ1v) is 6.91. The summed E-state index contributed by atoms with van der Waals surface area (Å²) in [5.41, 5.74) is 1.59. The highest BCUT2D eigenvalue weighted by Crippen LogP contribution is 2.40. The van der Waals surface area contributed by atoms with Gasteiger partial charge in [0.25, 0.3) is 5.91 Å². The molecule has 114 valence electrons. The quantitative estimate of drug-likeness (QED) is 0.815. The molecule has 0 aromatic heterocycles. The Hall–Kier alpha value is -2.40. The molecule has 0 spiro atoms. The highest BCUT2D eigenvalue weighted by Gasteiger charge is 2.49. The number of carbonyl (C=O) groups excluding carboxylic acids is 1. The number of benzene rings is 2. The molecule has 1 saturated heterocycles. The Labute approximate surface area is 128 Å². The van der Waals surface area contributed by atoms with Gasteiger partial charge in [0, 0.05) is 12.8 Å². The molecule has 0 N–H and O–H groups in total. The standard InChI is InChI=1S/C17H16FNO3/c1-21-14-9-7-13(8-10-14)19-15(16(22-2)17(19)20)11-3-5-12(18)6-4-11/h3-10,15-16H,1-2H3/t15-,16+/m1/s1. The Balaban J connectivity index is 1.94. The summed E-state index contributed by atoms with van der Waals surface area (Å²) >= 11 is 0. The van der Waals surface area contributed by atoms with Gasteiger partial charge >= 0.3 is 0 Å². The average molecular weight is 301 g/mol. The molecule has 0 saturated carbocycles. The van der Waals surface area contributed by atoms with Crippen LogP contribution in [0.1, 0.15) is 11.6 Å². The molecule has 22 heavy (non-hydrogen) atoms. The maximum Gasteiger partial charge on any atom is 0.259 e. The summed E-state index contributed by atoms with van der Waals surface area (Å²) in [5, 5.41) is 0. The lowest BCUT2D eigenvalue weighted by Gasteiger charge is -2.46. The highest BCUT2D eigenvalue weighted by molar-refractivity contribution is 6.05. The lowest BCUT2D eigenvalue weighted by Crippen LogP contribution is -2.60. The smallest absolute Gasteiger partial charge is 0.259 e. The van der Waals surface area contributed by atoms with Gasteiger partial charge in [-0.3, -0.25) is 9.69 Å². The molecule has 2 atom stereocenters. The largest absolute Gasteiger partial charge is 0.497 e. The van der Waals surface area contributed by atoms with E-state index in [1.807, 2.05) is 12.1 Å². The number of anilines is 1. The van der Waals surface area contributed by atoms with Crippen LogP contribution in [0, 0.1) is 5.82 Å². The lowest BCUT2D eigenvalue weighted by molar-refractivity contribution is -0.139. The summed E-state index contributed by atoms with van der Waals surface area (Å²) < 4.78 is 23.5. The summed E-state index contributed by atoms with van der Waals surface area (Å²) in [5.74, 6) is 0.305. The predicted molar refractivity (Wildman–Crippen MR) is 80.4 cm³/mol. The molecule has 2 aromatic carbocycles. The summed E-state index contributed by atoms with van der Waals surface area (Å²) in [6.07, 6.45) is -0.549. The molecule has 1 heterocycles. The van der Waals surface area contributed by atoms with Crippen LogP contribution in [0.5, 0.6) is 5.75 Å². The Morgan fingerprint density at radius 1 is 1.00 bits per heavy atom. The third-order valence-corrected chi connectivity index (χ3v) is 3.86. The number of ether oxygens (including phenoxy) is 2. The van der Waals surface area contributed by atoms with Gasteiger partial charge in [-0.05, 0) is 42.0 Å². The van der Waals surface area contributed by atoms with Crippen molar-refractivity contribution >= 4 is 11.6 Å². The van der Waals surface area contributed by atoms with Crippen LogP contribution in [0.4, 0.5) is 10.1 Å². The molecular weight excluding hydrogens is 285 g/mol. The van der Waals surface area contributed by atoms with Gasteiger partial charge in [-0.25, -0.2) is 4.39 Å². The van der Waals surface area contributed by atoms with E-state index in [2.05, 4.69) is 0 Å². The second kappa shape index (κ2) is 5.77. The zero-order chi connectivity index (χ0) is 15.7. The van der Waals surface area contributed by atoms with Crippen molar-refractivity contribution in [2.24, 2.45) is 0 Å². The lowest BCUT2D eigenvalue weighted by atomic mass is 9.89. The van der Waals surface area contributed by atoms with E-state index in [1.54, 1.807) is 36.3 Å². The van der Waals surface area contributed by atoms with E-state index >= 15 is 0 Å². The van der Waals surface area contributed by atoms with Gasteiger partial charge in [0.1, 0.15) is 11.6 Å². The van der Waals surface area contributed by atoms with E-state index in [0.717, 1.165) is 17.0 Å². The first-order chi connectivity index (χ1) is 10.7. The molecular formula is C17H16FNO3. The molecule has 0 radical (unpaired) electrons. The van der Waals surface area contributed by atoms with E-state index in [4.69, 9.17) is 9.47 Å². The number of nitrogens with zero attached hydrogens (tertiary/aromatic N) is 1. The van der Waals surface area contributed by atoms with E-state index < -0.39 is 6.10 Å². The molecule has 0 unspecified atom stereocenters. The normalized spacial score (nSPS) is 20.7. The van der Waals surface area contributed by atoms with Gasteiger partial charge in [0.2, 0.25) is 0 Å². The fourth-order valence-corrected chi connectivity index (χ4v) is 2.71. The third-order valence-electron chi connectivity index (χ3n) is 3.86. The second-order valence-corrected chi connectivity index (χ2v) is 5.06. The zero-order valence-corrected chi connectivity index (χ0v) is 12.3. The Bertz CT molecular complexity index is 669. The second-order valence-electron chi connectivity index (χ2n) is 5.06. The maximum atomic E-state index is 13.1. The minimum Gasteiger partial charge on any atom is -0.497 e. The number of hydrogen-bond acceptors (Lipinski definition) is 3. The first-order valence-electron chi connectivity index (χ1n) is 6.91. The van der Waals surface area contributed by atoms with Crippen molar-refractivity contribution in [3.05, 3.63) is 59.9 Å². The van der Waals surface area contributed by atoms with Crippen LogP contribution in [0.3, 0.4) is 0 Å². The van der Waals surface area contributed by atoms with Gasteiger partial charge in [0.05, 0.1) is 13.2 Å². The van der Waals surface area contributed by atoms with E-state index in [1.165, 1.54) is 19.2 Å². The van der Waals surface area contributed by atoms with Crippen molar-refractivity contribution in [3.63, 3.8) is 0 Å². The summed E-state index contributed by atoms with van der Waals surface area (Å²) in [6.45, 7) is 0. The van der Waals surface area contributed by atoms with Gasteiger partial charge in [-0.1, -0.05) is 12.1 Å². The Morgan fingerprint density at radius 3 is 2.18 bits per heavy atom. The van der Waals surface area contributed by atoms with Gasteiger partial charge in [0.15, 0.2) is 6.10 Å². The van der Waals surface area contributed by atoms with E-state index in [-0.39, 0.29) is 17.8 Å². The van der Waals surface area contributed by atoms with Crippen molar-refractivity contribution in [2.75, 3.05) is 19.1 Å². The summed E-state index contributed by atoms with van der Waals surface area (Å²) in [7, 11) is 3.09. The van der Waals surface area contributed by atoms with Crippen molar-refractivity contribution in [2.45, 2.75) is 12.1 Å². The highest BCUT2D eigenvalue weighted by atomic mass is 19.1. The molecule has 1 fully saturated rings. The van der Waals surface area contributed by atoms with Crippen molar-refractivity contribution in [1.82, 2.24) is 0 Å². The molecule has 2 aromatic rings. The van der Waals surface area contributed by atoms with Crippen LogP contribution in [0.25, 0.3) is 0 Å². The van der Waals surface area contributed by atoms with Crippen LogP contribution < -0.4 is 9.64 Å². The van der Waals surface area contributed by atoms with Crippen LogP contribution >= 0.6 is 0 Å². The molecule has 5 heteroatoms. The first kappa shape index (κ1) is 14.5. The Kier molecular flexibility index (Phi) is 3.81. The number of halogens is 1. The maximum absolute atomic E-state index is 13.1. The fraction of sp³-hybridized carbons (Fsp3) is 0.235. The molecule has 1 aliphatic rings. The van der Waals surface area contributed by atoms with Crippen LogP contribution in [-0.2, 0) is 9.53 Å². The van der Waals surface area contributed by atoms with Gasteiger partial charge < -0.3 is 9.47 Å². The number of carbonyl (C=O) groups is 1. The minimum absolute atomic E-state index is 0.109. The molecule has 1 aliphatic heterocycles. The predicted octanol–water partition coefficient (Wildman–Crippen LogP) is 2.94. The number of rotatable bonds is 4. The van der Waals surface area contributed by atoms with Crippen LogP contribution in [0.2, 0.25) is 0 Å². The number of amides is 1. The van der Waals surface area contributed by atoms with Crippen molar-refractivity contribution < 1.29 is 18.7 Å². The molecule has 0 aliphatic carbocycles. The SMILES string of the molecule is COc1ccc(N2C(=O)[C@@H](OC)[C@H]2c2ccc(F)cc2)cc1. The summed E-state index contributed by atoms with van der Waals surface area (Å²) in [6, 6.07) is 13.1. The van der Waals surface area contributed by atoms with Gasteiger partial charge in [-0.2, -0.15) is 0 Å². The van der Waals surface area contributed by atoms with Gasteiger partial charge in [-0.15, -0.1) is 0 Å². The van der Waals surface area contributed by atoms with Crippen molar-refractivity contribution in [1.29, 1.82) is 0 Å². The number of methoxy groups -OCH3 is 2. The zero-order valence-electron chi connectivity index (χ0n) is 12.3. The van der Waals surface area contributed by atoms with E-state index in [9.17, 15) is 9.18 Å². The summed E-state index contributed by atoms with van der Waals surface area (Å²) in [4.78, 5) is 13.9. The van der Waals surface area contributed by atoms with Crippen LogP contribution in [0.15, 0.2) is 48.5 Å². The topological polar surface area (TPSA) is 38.8 Å². The molecule has 1 amide bonds. The molecule has 4 nitrogen and oxygen atoms in total. The minimum atomic E-state index is -0.549. The fourth-order valence-electron chi connectivity index (χ4n) is 2.71. The average Bonchev–Trinajstić information content (AvgIpc) is 2.55. The van der Waals surface area contributed by atoms with Crippen molar-refractivity contribution in [3.8, 4) is 5.75 Å². The number of hydrogen-bond donors (Lipinski definition) is 0. The molecule has 3 rings (SSSR count).